The van der Waals surface area contributed by atoms with Gasteiger partial charge in [-0.25, -0.2) is 0 Å². The number of phenolic OH excluding ortho intramolecular Hbond substituents is 2. The number of carbonyl (C=O) groups excluding carboxylic acids is 4. The number of alkyl halides is 2. The van der Waals surface area contributed by atoms with Gasteiger partial charge in [-0.1, -0.05) is 35.9 Å². The van der Waals surface area contributed by atoms with Gasteiger partial charge in [-0.05, 0) is 60.6 Å². The first-order valence-corrected chi connectivity index (χ1v) is 13.6. The lowest BCUT2D eigenvalue weighted by molar-refractivity contribution is -0.141. The number of fused-ring (bicyclic) bond motifs is 4. The summed E-state index contributed by atoms with van der Waals surface area (Å²) in [5.41, 5.74) is 2.06. The van der Waals surface area contributed by atoms with Crippen molar-refractivity contribution in [3.63, 3.8) is 0 Å². The molecule has 0 radical (unpaired) electrons. The molecule has 8 nitrogen and oxygen atoms in total. The number of benzene rings is 2. The Kier molecular flexibility index (Phi) is 5.86. The topological polar surface area (TPSA) is 115 Å². The maximum atomic E-state index is 13.8. The van der Waals surface area contributed by atoms with Gasteiger partial charge in [0.15, 0.2) is 9.75 Å². The molecule has 1 saturated carbocycles. The third-order valence-electron chi connectivity index (χ3n) is 8.87. The average molecular weight is 569 g/mol. The first-order valence-electron chi connectivity index (χ1n) is 12.8. The highest BCUT2D eigenvalue weighted by molar-refractivity contribution is 6.53. The molecule has 6 atom stereocenters. The summed E-state index contributed by atoms with van der Waals surface area (Å²) in [4.78, 5) is 52.7. The molecular weight excluding hydrogens is 543 g/mol. The Morgan fingerprint density at radius 2 is 1.64 bits per heavy atom. The van der Waals surface area contributed by atoms with E-state index in [0.717, 1.165) is 10.5 Å². The van der Waals surface area contributed by atoms with Gasteiger partial charge >= 0.3 is 0 Å². The number of hydrogen-bond acceptors (Lipinski definition) is 6. The van der Waals surface area contributed by atoms with Crippen molar-refractivity contribution < 1.29 is 29.4 Å². The van der Waals surface area contributed by atoms with Crippen molar-refractivity contribution in [1.82, 2.24) is 9.80 Å². The summed E-state index contributed by atoms with van der Waals surface area (Å²) in [6.45, 7) is 0.180. The molecule has 2 aliphatic carbocycles. The van der Waals surface area contributed by atoms with Crippen molar-refractivity contribution in [1.29, 1.82) is 0 Å². The maximum Gasteiger partial charge on any atom is 0.253 e. The summed E-state index contributed by atoms with van der Waals surface area (Å²) in [5.74, 6) is -4.64. The number of halogens is 2. The Bertz CT molecular complexity index is 1460. The van der Waals surface area contributed by atoms with E-state index in [1.807, 2.05) is 6.08 Å². The summed E-state index contributed by atoms with van der Waals surface area (Å²) >= 11 is 14.2. The highest BCUT2D eigenvalue weighted by atomic mass is 35.5. The molecule has 2 aromatic rings. The standard InChI is InChI=1S/C29H26Cl2N2O6/c1-32-26(38)28(30)14-21-19(23(29(28,31)27(32)39)16-3-2-4-18(35)13-16)9-10-20-22(21)25(37)33(24(20)36)12-11-15-5-7-17(34)8-6-15/h2-9,13,20-23,34-35H,10-12,14H2,1H3/t20-,21+,22-,23-,28+,29-/m0/s1. The van der Waals surface area contributed by atoms with Crippen LogP contribution in [0.3, 0.4) is 0 Å². The van der Waals surface area contributed by atoms with Crippen molar-refractivity contribution in [2.75, 3.05) is 13.6 Å². The van der Waals surface area contributed by atoms with Crippen molar-refractivity contribution >= 4 is 46.8 Å². The van der Waals surface area contributed by atoms with Gasteiger partial charge in [0.05, 0.1) is 11.8 Å². The van der Waals surface area contributed by atoms with E-state index < -0.39 is 45.2 Å². The zero-order valence-electron chi connectivity index (χ0n) is 21.0. The largest absolute Gasteiger partial charge is 0.508 e. The van der Waals surface area contributed by atoms with Crippen LogP contribution in [0.1, 0.15) is 29.9 Å². The lowest BCUT2D eigenvalue weighted by Crippen LogP contribution is -2.60. The van der Waals surface area contributed by atoms with Crippen LogP contribution < -0.4 is 0 Å². The smallest absolute Gasteiger partial charge is 0.253 e. The minimum absolute atomic E-state index is 0.0398. The second-order valence-electron chi connectivity index (χ2n) is 10.8. The molecule has 6 rings (SSSR count). The second kappa shape index (κ2) is 8.83. The van der Waals surface area contributed by atoms with E-state index in [0.29, 0.717) is 17.6 Å². The molecule has 39 heavy (non-hydrogen) atoms. The summed E-state index contributed by atoms with van der Waals surface area (Å²) in [6, 6.07) is 12.9. The highest BCUT2D eigenvalue weighted by Crippen LogP contribution is 2.65. The predicted octanol–water partition coefficient (Wildman–Crippen LogP) is 3.33. The molecule has 4 amide bonds. The van der Waals surface area contributed by atoms with Crippen LogP contribution in [0.15, 0.2) is 60.2 Å². The van der Waals surface area contributed by atoms with E-state index in [4.69, 9.17) is 23.2 Å². The third-order valence-corrected chi connectivity index (χ3v) is 10.3. The van der Waals surface area contributed by atoms with Crippen LogP contribution in [0.2, 0.25) is 0 Å². The van der Waals surface area contributed by atoms with Gasteiger partial charge in [0.1, 0.15) is 11.5 Å². The van der Waals surface area contributed by atoms with Crippen LogP contribution in [0.5, 0.6) is 11.5 Å². The summed E-state index contributed by atoms with van der Waals surface area (Å²) in [5, 5.41) is 19.8. The minimum atomic E-state index is -1.87. The van der Waals surface area contributed by atoms with E-state index >= 15 is 0 Å². The number of aromatic hydroxyl groups is 2. The number of nitrogens with zero attached hydrogens (tertiary/aromatic N) is 2. The van der Waals surface area contributed by atoms with Crippen LogP contribution in [0.4, 0.5) is 0 Å². The van der Waals surface area contributed by atoms with E-state index in [1.165, 1.54) is 24.1 Å². The molecule has 202 valence electrons. The van der Waals surface area contributed by atoms with Gasteiger partial charge in [-0.3, -0.25) is 29.0 Å². The molecule has 2 aliphatic heterocycles. The first kappa shape index (κ1) is 25.9. The van der Waals surface area contributed by atoms with Crippen molar-refractivity contribution in [3.8, 4) is 11.5 Å². The second-order valence-corrected chi connectivity index (χ2v) is 12.1. The third kappa shape index (κ3) is 3.50. The lowest BCUT2D eigenvalue weighted by Gasteiger charge is -2.50. The molecule has 10 heteroatoms. The number of carbonyl (C=O) groups is 4. The number of rotatable bonds is 4. The minimum Gasteiger partial charge on any atom is -0.508 e. The molecule has 4 aliphatic rings. The molecular formula is C29H26Cl2N2O6. The number of amides is 4. The number of hydrogen-bond donors (Lipinski definition) is 2. The van der Waals surface area contributed by atoms with Gasteiger partial charge in [0.2, 0.25) is 11.8 Å². The lowest BCUT2D eigenvalue weighted by atomic mass is 9.56. The zero-order valence-corrected chi connectivity index (χ0v) is 22.5. The van der Waals surface area contributed by atoms with Crippen LogP contribution >= 0.6 is 23.2 Å². The first-order chi connectivity index (χ1) is 18.5. The number of phenols is 2. The SMILES string of the molecule is CN1C(=O)[C@]2(Cl)C[C@@H]3C(=CC[C@@H]4C(=O)N(CCc5ccc(O)cc5)C(=O)[C@@H]43)[C@H](c3cccc(O)c3)[C@]2(Cl)C1=O. The number of allylic oxidation sites excluding steroid dienone is 2. The molecule has 2 saturated heterocycles. The molecule has 3 fully saturated rings. The zero-order chi connectivity index (χ0) is 27.9. The highest BCUT2D eigenvalue weighted by Gasteiger charge is 2.75. The van der Waals surface area contributed by atoms with Gasteiger partial charge in [0.25, 0.3) is 11.8 Å². The van der Waals surface area contributed by atoms with Crippen LogP contribution in [0.25, 0.3) is 0 Å². The van der Waals surface area contributed by atoms with Crippen LogP contribution in [-0.2, 0) is 25.6 Å². The Morgan fingerprint density at radius 3 is 2.33 bits per heavy atom. The normalized spacial score (nSPS) is 33.7. The van der Waals surface area contributed by atoms with Gasteiger partial charge in [-0.15, -0.1) is 23.2 Å². The predicted molar refractivity (Wildman–Crippen MR) is 142 cm³/mol. The summed E-state index contributed by atoms with van der Waals surface area (Å²) < 4.78 is 0. The fraction of sp³-hybridized carbons (Fsp3) is 0.379. The molecule has 2 N–H and O–H groups in total. The van der Waals surface area contributed by atoms with Gasteiger partial charge in [-0.2, -0.15) is 0 Å². The molecule has 0 spiro atoms. The van der Waals surface area contributed by atoms with E-state index in [1.54, 1.807) is 36.4 Å². The van der Waals surface area contributed by atoms with Crippen molar-refractivity contribution in [2.24, 2.45) is 17.8 Å². The van der Waals surface area contributed by atoms with Gasteiger partial charge < -0.3 is 10.2 Å². The molecule has 0 aromatic heterocycles. The Labute approximate surface area is 234 Å². The fourth-order valence-corrected chi connectivity index (χ4v) is 8.03. The molecule has 2 heterocycles. The number of likely N-dealkylation sites (tertiary alicyclic amines) is 2. The van der Waals surface area contributed by atoms with Crippen LogP contribution in [0, 0.1) is 17.8 Å². The van der Waals surface area contributed by atoms with Crippen molar-refractivity contribution in [2.45, 2.75) is 34.9 Å². The quantitative estimate of drug-likeness (QED) is 0.332. The Balaban J connectivity index is 1.40. The van der Waals surface area contributed by atoms with E-state index in [2.05, 4.69) is 0 Å². The fourth-order valence-electron chi connectivity index (χ4n) is 7.01. The number of imide groups is 2. The summed E-state index contributed by atoms with van der Waals surface area (Å²) in [7, 11) is 1.34. The van der Waals surface area contributed by atoms with E-state index in [-0.39, 0.29) is 42.7 Å². The Morgan fingerprint density at radius 1 is 0.923 bits per heavy atom. The van der Waals surface area contributed by atoms with Crippen LogP contribution in [-0.4, -0.2) is 67.0 Å². The van der Waals surface area contributed by atoms with Gasteiger partial charge in [0, 0.05) is 19.5 Å². The summed E-state index contributed by atoms with van der Waals surface area (Å²) in [6.07, 6.45) is 2.51. The average Bonchev–Trinajstić information content (AvgIpc) is 3.23. The monoisotopic (exact) mass is 568 g/mol. The molecule has 0 bridgehead atoms. The molecule has 0 unspecified atom stereocenters. The Hall–Kier alpha value is -3.36. The van der Waals surface area contributed by atoms with E-state index in [9.17, 15) is 29.4 Å². The van der Waals surface area contributed by atoms with Crippen molar-refractivity contribution in [3.05, 3.63) is 71.3 Å². The molecule has 2 aromatic carbocycles. The maximum absolute atomic E-state index is 13.8.